The Morgan fingerprint density at radius 1 is 1.10 bits per heavy atom. The molecule has 1 heterocycles. The van der Waals surface area contributed by atoms with Crippen LogP contribution in [0.5, 0.6) is 5.75 Å². The van der Waals surface area contributed by atoms with Crippen molar-refractivity contribution in [3.05, 3.63) is 70.1 Å². The molecule has 0 saturated carbocycles. The zero-order valence-corrected chi connectivity index (χ0v) is 17.9. The van der Waals surface area contributed by atoms with Gasteiger partial charge >= 0.3 is 0 Å². The van der Waals surface area contributed by atoms with Crippen LogP contribution in [0, 0.1) is 6.92 Å². The molecule has 0 fully saturated rings. The van der Waals surface area contributed by atoms with E-state index in [2.05, 4.69) is 12.0 Å². The molecule has 0 aliphatic carbocycles. The van der Waals surface area contributed by atoms with Crippen molar-refractivity contribution in [2.75, 3.05) is 20.2 Å². The Morgan fingerprint density at radius 3 is 2.60 bits per heavy atom. The Hall–Kier alpha value is -3.15. The Bertz CT molecular complexity index is 1070. The van der Waals surface area contributed by atoms with Gasteiger partial charge in [0.15, 0.2) is 5.69 Å². The fourth-order valence-corrected chi connectivity index (χ4v) is 3.34. The maximum absolute atomic E-state index is 13.1. The summed E-state index contributed by atoms with van der Waals surface area (Å²) in [6.45, 7) is 5.42. The van der Waals surface area contributed by atoms with Crippen molar-refractivity contribution in [3.63, 3.8) is 0 Å². The highest BCUT2D eigenvalue weighted by molar-refractivity contribution is 6.04. The highest BCUT2D eigenvalue weighted by atomic mass is 16.5. The number of hydrogen-bond donors (Lipinski definition) is 0. The number of ether oxygens (including phenoxy) is 1. The maximum atomic E-state index is 13.1. The molecule has 3 rings (SSSR count). The molecule has 158 valence electrons. The number of hydrogen-bond acceptors (Lipinski definition) is 4. The first kappa shape index (κ1) is 21.6. The number of aryl methyl sites for hydroxylation is 2. The van der Waals surface area contributed by atoms with Gasteiger partial charge < -0.3 is 9.64 Å². The zero-order valence-electron chi connectivity index (χ0n) is 17.9. The first-order valence-electron chi connectivity index (χ1n) is 10.5. The summed E-state index contributed by atoms with van der Waals surface area (Å²) in [7, 11) is 1.73. The summed E-state index contributed by atoms with van der Waals surface area (Å²) in [5.41, 5.74) is 1.28. The lowest BCUT2D eigenvalue weighted by molar-refractivity contribution is 0.0767. The van der Waals surface area contributed by atoms with Gasteiger partial charge in [0, 0.05) is 19.0 Å². The third kappa shape index (κ3) is 5.06. The van der Waals surface area contributed by atoms with Crippen LogP contribution in [0.15, 0.2) is 53.3 Å². The number of nitrogens with zero attached hydrogens (tertiary/aromatic N) is 3. The van der Waals surface area contributed by atoms with E-state index in [1.807, 2.05) is 43.3 Å². The van der Waals surface area contributed by atoms with E-state index in [-0.39, 0.29) is 11.5 Å². The molecule has 6 nitrogen and oxygen atoms in total. The molecule has 0 radical (unpaired) electrons. The van der Waals surface area contributed by atoms with Crippen molar-refractivity contribution in [1.29, 1.82) is 0 Å². The second-order valence-electron chi connectivity index (χ2n) is 7.52. The predicted octanol–water partition coefficient (Wildman–Crippen LogP) is 4.05. The largest absolute Gasteiger partial charge is 0.492 e. The molecule has 0 spiro atoms. The van der Waals surface area contributed by atoms with Crippen molar-refractivity contribution >= 4 is 16.7 Å². The number of fused-ring (bicyclic) bond motifs is 1. The minimum Gasteiger partial charge on any atom is -0.492 e. The number of unbranched alkanes of at least 4 members (excludes halogenated alkanes) is 2. The number of aromatic nitrogens is 2. The van der Waals surface area contributed by atoms with E-state index in [0.717, 1.165) is 30.6 Å². The minimum absolute atomic E-state index is 0.149. The van der Waals surface area contributed by atoms with Crippen molar-refractivity contribution in [2.24, 2.45) is 0 Å². The monoisotopic (exact) mass is 407 g/mol. The molecule has 0 saturated heterocycles. The molecule has 0 aliphatic rings. The molecule has 0 bridgehead atoms. The molecule has 3 aromatic rings. The van der Waals surface area contributed by atoms with E-state index in [9.17, 15) is 9.59 Å². The van der Waals surface area contributed by atoms with Gasteiger partial charge in [0.1, 0.15) is 12.4 Å². The van der Waals surface area contributed by atoms with E-state index in [1.165, 1.54) is 4.68 Å². The number of carbonyl (C=O) groups is 1. The summed E-state index contributed by atoms with van der Waals surface area (Å²) in [6.07, 6.45) is 2.92. The van der Waals surface area contributed by atoms with E-state index in [4.69, 9.17) is 4.74 Å². The summed E-state index contributed by atoms with van der Waals surface area (Å²) < 4.78 is 7.20. The Morgan fingerprint density at radius 2 is 1.87 bits per heavy atom. The standard InChI is InChI=1S/C24H29N3O3/c1-4-5-8-14-27-23(28)21-13-7-6-12-20(21)22(25-27)24(29)26(3)15-16-30-19-11-9-10-18(2)17-19/h6-7,9-13,17H,4-5,8,14-16H2,1-3H3. The van der Waals surface area contributed by atoms with Gasteiger partial charge in [-0.15, -0.1) is 0 Å². The van der Waals surface area contributed by atoms with Gasteiger partial charge in [0.05, 0.1) is 11.9 Å². The third-order valence-corrected chi connectivity index (χ3v) is 5.08. The van der Waals surface area contributed by atoms with Crippen LogP contribution in [-0.4, -0.2) is 40.8 Å². The smallest absolute Gasteiger partial charge is 0.274 e. The first-order chi connectivity index (χ1) is 14.5. The fraction of sp³-hybridized carbons (Fsp3) is 0.375. The number of benzene rings is 2. The number of likely N-dealkylation sites (N-methyl/N-ethyl adjacent to an activating group) is 1. The van der Waals surface area contributed by atoms with E-state index >= 15 is 0 Å². The molecular weight excluding hydrogens is 378 g/mol. The van der Waals surface area contributed by atoms with Gasteiger partial charge in [0.2, 0.25) is 0 Å². The molecule has 0 N–H and O–H groups in total. The fourth-order valence-electron chi connectivity index (χ4n) is 3.34. The SMILES string of the molecule is CCCCCn1nc(C(=O)N(C)CCOc2cccc(C)c2)c2ccccc2c1=O. The van der Waals surface area contributed by atoms with Gasteiger partial charge in [-0.05, 0) is 37.1 Å². The van der Waals surface area contributed by atoms with E-state index in [0.29, 0.717) is 36.2 Å². The summed E-state index contributed by atoms with van der Waals surface area (Å²) >= 11 is 0. The molecule has 1 aromatic heterocycles. The van der Waals surface area contributed by atoms with Gasteiger partial charge in [-0.3, -0.25) is 9.59 Å². The average molecular weight is 408 g/mol. The molecule has 2 aromatic carbocycles. The zero-order chi connectivity index (χ0) is 21.5. The molecule has 30 heavy (non-hydrogen) atoms. The lowest BCUT2D eigenvalue weighted by Crippen LogP contribution is -2.34. The lowest BCUT2D eigenvalue weighted by Gasteiger charge is -2.19. The Labute approximate surface area is 177 Å². The van der Waals surface area contributed by atoms with Crippen molar-refractivity contribution in [1.82, 2.24) is 14.7 Å². The molecule has 0 atom stereocenters. The molecular formula is C24H29N3O3. The van der Waals surface area contributed by atoms with Crippen LogP contribution in [0.4, 0.5) is 0 Å². The lowest BCUT2D eigenvalue weighted by atomic mass is 10.1. The van der Waals surface area contributed by atoms with Crippen LogP contribution in [0.1, 0.15) is 42.2 Å². The third-order valence-electron chi connectivity index (χ3n) is 5.08. The normalized spacial score (nSPS) is 10.9. The summed E-state index contributed by atoms with van der Waals surface area (Å²) in [4.78, 5) is 27.5. The van der Waals surface area contributed by atoms with Gasteiger partial charge in [-0.25, -0.2) is 4.68 Å². The quantitative estimate of drug-likeness (QED) is 0.502. The summed E-state index contributed by atoms with van der Waals surface area (Å²) in [5.74, 6) is 0.562. The molecule has 0 aliphatic heterocycles. The van der Waals surface area contributed by atoms with Gasteiger partial charge in [-0.2, -0.15) is 5.10 Å². The van der Waals surface area contributed by atoms with Gasteiger partial charge in [0.25, 0.3) is 11.5 Å². The molecule has 6 heteroatoms. The molecule has 1 amide bonds. The number of amides is 1. The highest BCUT2D eigenvalue weighted by Crippen LogP contribution is 2.16. The molecule has 0 unspecified atom stereocenters. The second-order valence-corrected chi connectivity index (χ2v) is 7.52. The summed E-state index contributed by atoms with van der Waals surface area (Å²) in [5, 5.41) is 5.56. The second kappa shape index (κ2) is 10.1. The van der Waals surface area contributed by atoms with Crippen molar-refractivity contribution in [2.45, 2.75) is 39.7 Å². The maximum Gasteiger partial charge on any atom is 0.274 e. The highest BCUT2D eigenvalue weighted by Gasteiger charge is 2.19. The van der Waals surface area contributed by atoms with Gasteiger partial charge in [-0.1, -0.05) is 50.1 Å². The van der Waals surface area contributed by atoms with Crippen LogP contribution in [0.3, 0.4) is 0 Å². The average Bonchev–Trinajstić information content (AvgIpc) is 2.75. The Balaban J connectivity index is 1.78. The minimum atomic E-state index is -0.219. The Kier molecular flexibility index (Phi) is 7.22. The van der Waals surface area contributed by atoms with Crippen LogP contribution in [0.25, 0.3) is 10.8 Å². The number of rotatable bonds is 9. The summed E-state index contributed by atoms with van der Waals surface area (Å²) in [6, 6.07) is 15.0. The van der Waals surface area contributed by atoms with Crippen LogP contribution in [0.2, 0.25) is 0 Å². The first-order valence-corrected chi connectivity index (χ1v) is 10.5. The number of carbonyl (C=O) groups excluding carboxylic acids is 1. The van der Waals surface area contributed by atoms with Crippen LogP contribution in [-0.2, 0) is 6.54 Å². The van der Waals surface area contributed by atoms with Crippen LogP contribution < -0.4 is 10.3 Å². The van der Waals surface area contributed by atoms with Crippen LogP contribution >= 0.6 is 0 Å². The van der Waals surface area contributed by atoms with E-state index < -0.39 is 0 Å². The topological polar surface area (TPSA) is 64.4 Å². The van der Waals surface area contributed by atoms with Crippen molar-refractivity contribution in [3.8, 4) is 5.75 Å². The predicted molar refractivity (Wildman–Crippen MR) is 119 cm³/mol. The van der Waals surface area contributed by atoms with E-state index in [1.54, 1.807) is 24.1 Å². The van der Waals surface area contributed by atoms with Crippen molar-refractivity contribution < 1.29 is 9.53 Å².